The van der Waals surface area contributed by atoms with Crippen molar-refractivity contribution in [3.05, 3.63) is 23.2 Å². The number of nitrogens with one attached hydrogen (secondary N) is 1. The van der Waals surface area contributed by atoms with Gasteiger partial charge in [0, 0.05) is 24.5 Å². The van der Waals surface area contributed by atoms with Gasteiger partial charge >= 0.3 is 0 Å². The van der Waals surface area contributed by atoms with E-state index in [0.717, 1.165) is 6.54 Å². The summed E-state index contributed by atoms with van der Waals surface area (Å²) in [5.41, 5.74) is 6.85. The number of hydrogen-bond acceptors (Lipinski definition) is 4. The molecule has 118 valence electrons. The molecular formula is C15H24ClN3O2. The predicted octanol–water partition coefficient (Wildman–Crippen LogP) is 2.61. The number of carbonyl (C=O) groups excluding carboxylic acids is 1. The molecule has 0 saturated heterocycles. The Kier molecular flexibility index (Phi) is 7.50. The first-order valence-corrected chi connectivity index (χ1v) is 7.41. The first-order valence-electron chi connectivity index (χ1n) is 7.03. The van der Waals surface area contributed by atoms with Crippen LogP contribution in [0.3, 0.4) is 0 Å². The lowest BCUT2D eigenvalue weighted by molar-refractivity contribution is -0.116. The molecule has 0 heterocycles. The molecule has 3 N–H and O–H groups in total. The maximum absolute atomic E-state index is 11.9. The summed E-state index contributed by atoms with van der Waals surface area (Å²) in [4.78, 5) is 14.0. The average Bonchev–Trinajstić information content (AvgIpc) is 2.40. The van der Waals surface area contributed by atoms with E-state index in [4.69, 9.17) is 22.1 Å². The van der Waals surface area contributed by atoms with E-state index in [0.29, 0.717) is 36.0 Å². The molecular weight excluding hydrogens is 290 g/mol. The normalized spacial score (nSPS) is 11.1. The fraction of sp³-hybridized carbons (Fsp3) is 0.533. The molecule has 0 fully saturated rings. The monoisotopic (exact) mass is 313 g/mol. The molecule has 1 aromatic carbocycles. The van der Waals surface area contributed by atoms with E-state index < -0.39 is 0 Å². The second-order valence-electron chi connectivity index (χ2n) is 5.25. The van der Waals surface area contributed by atoms with Crippen molar-refractivity contribution in [2.24, 2.45) is 0 Å². The number of carbonyl (C=O) groups is 1. The smallest absolute Gasteiger partial charge is 0.225 e. The quantitative estimate of drug-likeness (QED) is 0.724. The zero-order valence-electron chi connectivity index (χ0n) is 12.9. The number of nitrogens with zero attached hydrogens (tertiary/aromatic N) is 1. The first-order chi connectivity index (χ1) is 9.88. The van der Waals surface area contributed by atoms with Crippen LogP contribution < -0.4 is 11.1 Å². The van der Waals surface area contributed by atoms with Crippen molar-refractivity contribution in [2.45, 2.75) is 26.4 Å². The summed E-state index contributed by atoms with van der Waals surface area (Å²) in [6.45, 7) is 6.13. The van der Waals surface area contributed by atoms with Crippen LogP contribution in [-0.4, -0.2) is 43.7 Å². The van der Waals surface area contributed by atoms with Gasteiger partial charge in [0.2, 0.25) is 5.91 Å². The maximum Gasteiger partial charge on any atom is 0.225 e. The van der Waals surface area contributed by atoms with Gasteiger partial charge in [-0.3, -0.25) is 4.79 Å². The van der Waals surface area contributed by atoms with Crippen molar-refractivity contribution in [3.8, 4) is 0 Å². The summed E-state index contributed by atoms with van der Waals surface area (Å²) in [6.07, 6.45) is 0.622. The van der Waals surface area contributed by atoms with Crippen LogP contribution in [0.5, 0.6) is 0 Å². The van der Waals surface area contributed by atoms with Crippen molar-refractivity contribution >= 4 is 28.9 Å². The number of amides is 1. The number of ether oxygens (including phenoxy) is 1. The van der Waals surface area contributed by atoms with Crippen LogP contribution in [0.1, 0.15) is 20.3 Å². The molecule has 6 heteroatoms. The fourth-order valence-corrected chi connectivity index (χ4v) is 1.87. The van der Waals surface area contributed by atoms with Gasteiger partial charge in [0.1, 0.15) is 0 Å². The Morgan fingerprint density at radius 3 is 2.81 bits per heavy atom. The number of nitrogen functional groups attached to an aromatic ring is 1. The largest absolute Gasteiger partial charge is 0.397 e. The highest BCUT2D eigenvalue weighted by atomic mass is 35.5. The van der Waals surface area contributed by atoms with Crippen molar-refractivity contribution in [1.82, 2.24) is 4.90 Å². The maximum atomic E-state index is 11.9. The number of nitrogens with two attached hydrogens (primary N) is 1. The molecule has 0 aliphatic rings. The van der Waals surface area contributed by atoms with Crippen molar-refractivity contribution in [2.75, 3.05) is 37.8 Å². The lowest BCUT2D eigenvalue weighted by atomic mass is 10.2. The van der Waals surface area contributed by atoms with Gasteiger partial charge < -0.3 is 20.7 Å². The summed E-state index contributed by atoms with van der Waals surface area (Å²) in [7, 11) is 1.96. The molecule has 0 aliphatic heterocycles. The van der Waals surface area contributed by atoms with E-state index >= 15 is 0 Å². The van der Waals surface area contributed by atoms with E-state index in [-0.39, 0.29) is 12.0 Å². The van der Waals surface area contributed by atoms with Crippen LogP contribution in [0.25, 0.3) is 0 Å². The number of hydrogen-bond donors (Lipinski definition) is 2. The highest BCUT2D eigenvalue weighted by Crippen LogP contribution is 2.22. The van der Waals surface area contributed by atoms with Crippen LogP contribution in [0, 0.1) is 0 Å². The van der Waals surface area contributed by atoms with Gasteiger partial charge in [-0.2, -0.15) is 0 Å². The Hall–Kier alpha value is -1.30. The van der Waals surface area contributed by atoms with E-state index in [9.17, 15) is 4.79 Å². The molecule has 1 rings (SSSR count). The third kappa shape index (κ3) is 7.32. The van der Waals surface area contributed by atoms with E-state index in [1.165, 1.54) is 0 Å². The number of rotatable bonds is 8. The third-order valence-electron chi connectivity index (χ3n) is 2.93. The van der Waals surface area contributed by atoms with Gasteiger partial charge in [0.15, 0.2) is 0 Å². The molecule has 0 spiro atoms. The molecule has 0 saturated carbocycles. The molecule has 0 bridgehead atoms. The lowest BCUT2D eigenvalue weighted by Gasteiger charge is -2.17. The highest BCUT2D eigenvalue weighted by Gasteiger charge is 2.08. The van der Waals surface area contributed by atoms with Gasteiger partial charge in [0.05, 0.1) is 24.1 Å². The van der Waals surface area contributed by atoms with Gasteiger partial charge in [-0.1, -0.05) is 11.6 Å². The molecule has 21 heavy (non-hydrogen) atoms. The highest BCUT2D eigenvalue weighted by molar-refractivity contribution is 6.31. The molecule has 5 nitrogen and oxygen atoms in total. The first kappa shape index (κ1) is 17.8. The lowest BCUT2D eigenvalue weighted by Crippen LogP contribution is -2.28. The minimum Gasteiger partial charge on any atom is -0.397 e. The Bertz CT molecular complexity index is 466. The van der Waals surface area contributed by atoms with Crippen LogP contribution in [-0.2, 0) is 9.53 Å². The zero-order valence-corrected chi connectivity index (χ0v) is 13.6. The standard InChI is InChI=1S/C15H24ClN3O2/c1-11(2)21-9-8-19(3)7-6-15(20)18-14-10-12(16)4-5-13(14)17/h4-5,10-11H,6-9,17H2,1-3H3,(H,18,20). The molecule has 0 radical (unpaired) electrons. The van der Waals surface area contributed by atoms with Crippen molar-refractivity contribution in [3.63, 3.8) is 0 Å². The van der Waals surface area contributed by atoms with Crippen LogP contribution in [0.15, 0.2) is 18.2 Å². The fourth-order valence-electron chi connectivity index (χ4n) is 1.70. The second kappa shape index (κ2) is 8.87. The van der Waals surface area contributed by atoms with Gasteiger partial charge in [-0.05, 0) is 39.1 Å². The molecule has 0 unspecified atom stereocenters. The Morgan fingerprint density at radius 1 is 1.43 bits per heavy atom. The molecule has 0 aromatic heterocycles. The molecule has 0 aliphatic carbocycles. The van der Waals surface area contributed by atoms with Crippen LogP contribution >= 0.6 is 11.6 Å². The summed E-state index contributed by atoms with van der Waals surface area (Å²) in [5, 5.41) is 3.32. The summed E-state index contributed by atoms with van der Waals surface area (Å²) in [5.74, 6) is -0.0828. The average molecular weight is 314 g/mol. The minimum atomic E-state index is -0.0828. The van der Waals surface area contributed by atoms with Crippen molar-refractivity contribution < 1.29 is 9.53 Å². The minimum absolute atomic E-state index is 0.0828. The SMILES string of the molecule is CC(C)OCCN(C)CCC(=O)Nc1cc(Cl)ccc1N. The number of benzene rings is 1. The van der Waals surface area contributed by atoms with Gasteiger partial charge in [0.25, 0.3) is 0 Å². The zero-order chi connectivity index (χ0) is 15.8. The Balaban J connectivity index is 2.32. The molecule has 1 amide bonds. The van der Waals surface area contributed by atoms with Gasteiger partial charge in [-0.25, -0.2) is 0 Å². The number of halogens is 1. The van der Waals surface area contributed by atoms with Crippen LogP contribution in [0.4, 0.5) is 11.4 Å². The Labute approximate surface area is 131 Å². The summed E-state index contributed by atoms with van der Waals surface area (Å²) in [6, 6.07) is 5.01. The Morgan fingerprint density at radius 2 is 2.14 bits per heavy atom. The molecule has 1 aromatic rings. The van der Waals surface area contributed by atoms with E-state index in [1.807, 2.05) is 20.9 Å². The summed E-state index contributed by atoms with van der Waals surface area (Å²) >= 11 is 5.88. The van der Waals surface area contributed by atoms with Gasteiger partial charge in [-0.15, -0.1) is 0 Å². The molecule has 0 atom stereocenters. The number of anilines is 2. The summed E-state index contributed by atoms with van der Waals surface area (Å²) < 4.78 is 5.47. The van der Waals surface area contributed by atoms with E-state index in [2.05, 4.69) is 10.2 Å². The topological polar surface area (TPSA) is 67.6 Å². The predicted molar refractivity (Wildman–Crippen MR) is 87.7 cm³/mol. The number of likely N-dealkylation sites (N-methyl/N-ethyl adjacent to an activating group) is 1. The van der Waals surface area contributed by atoms with E-state index in [1.54, 1.807) is 18.2 Å². The second-order valence-corrected chi connectivity index (χ2v) is 5.69. The third-order valence-corrected chi connectivity index (χ3v) is 3.17. The van der Waals surface area contributed by atoms with Crippen LogP contribution in [0.2, 0.25) is 5.02 Å². The van der Waals surface area contributed by atoms with Crippen molar-refractivity contribution in [1.29, 1.82) is 0 Å².